The van der Waals surface area contributed by atoms with E-state index < -0.39 is 0 Å². The van der Waals surface area contributed by atoms with Gasteiger partial charge in [-0.3, -0.25) is 0 Å². The van der Waals surface area contributed by atoms with Crippen LogP contribution < -0.4 is 10.2 Å². The molecular formula is C15H26N4. The molecule has 1 N–H and O–H groups in total. The predicted molar refractivity (Wildman–Crippen MR) is 80.9 cm³/mol. The second-order valence-electron chi connectivity index (χ2n) is 5.45. The first kappa shape index (κ1) is 14.1. The molecule has 1 aromatic rings. The van der Waals surface area contributed by atoms with Gasteiger partial charge in [0.25, 0.3) is 0 Å². The zero-order valence-electron chi connectivity index (χ0n) is 12.7. The Hall–Kier alpha value is -1.32. The van der Waals surface area contributed by atoms with Gasteiger partial charge in [-0.15, -0.1) is 0 Å². The van der Waals surface area contributed by atoms with Crippen LogP contribution in [0.2, 0.25) is 0 Å². The third kappa shape index (κ3) is 2.99. The van der Waals surface area contributed by atoms with E-state index in [2.05, 4.69) is 29.0 Å². The van der Waals surface area contributed by atoms with Gasteiger partial charge in [-0.25, -0.2) is 9.97 Å². The quantitative estimate of drug-likeness (QED) is 0.904. The van der Waals surface area contributed by atoms with Crippen molar-refractivity contribution in [3.63, 3.8) is 0 Å². The molecule has 4 nitrogen and oxygen atoms in total. The van der Waals surface area contributed by atoms with E-state index in [0.717, 1.165) is 24.0 Å². The van der Waals surface area contributed by atoms with E-state index in [1.54, 1.807) is 0 Å². The third-order valence-corrected chi connectivity index (χ3v) is 3.99. The summed E-state index contributed by atoms with van der Waals surface area (Å²) in [5, 5.41) is 3.18. The van der Waals surface area contributed by atoms with Crippen LogP contribution in [-0.4, -0.2) is 29.6 Å². The number of aryl methyl sites for hydroxylation is 1. The molecule has 1 aliphatic heterocycles. The van der Waals surface area contributed by atoms with Crippen molar-refractivity contribution in [3.8, 4) is 0 Å². The lowest BCUT2D eigenvalue weighted by Crippen LogP contribution is -2.40. The average Bonchev–Trinajstić information content (AvgIpc) is 2.42. The zero-order valence-corrected chi connectivity index (χ0v) is 12.7. The second-order valence-corrected chi connectivity index (χ2v) is 5.45. The maximum Gasteiger partial charge on any atom is 0.137 e. The second kappa shape index (κ2) is 6.22. The number of anilines is 2. The molecule has 1 atom stereocenters. The Morgan fingerprint density at radius 2 is 2.05 bits per heavy atom. The Morgan fingerprint density at radius 1 is 1.26 bits per heavy atom. The molecule has 4 heteroatoms. The number of nitrogens with one attached hydrogen (secondary N) is 1. The molecule has 106 valence electrons. The van der Waals surface area contributed by atoms with Gasteiger partial charge in [-0.2, -0.15) is 0 Å². The van der Waals surface area contributed by atoms with E-state index >= 15 is 0 Å². The molecule has 1 aliphatic rings. The first-order valence-corrected chi connectivity index (χ1v) is 7.47. The first-order valence-electron chi connectivity index (χ1n) is 7.47. The minimum absolute atomic E-state index is 0.649. The molecule has 2 heterocycles. The fourth-order valence-electron chi connectivity index (χ4n) is 3.05. The molecule has 2 rings (SSSR count). The van der Waals surface area contributed by atoms with Crippen LogP contribution in [0.1, 0.15) is 50.4 Å². The van der Waals surface area contributed by atoms with E-state index in [0.29, 0.717) is 6.04 Å². The summed E-state index contributed by atoms with van der Waals surface area (Å²) in [6.45, 7) is 7.50. The summed E-state index contributed by atoms with van der Waals surface area (Å²) in [4.78, 5) is 11.7. The minimum atomic E-state index is 0.649. The van der Waals surface area contributed by atoms with Crippen LogP contribution in [0, 0.1) is 13.8 Å². The van der Waals surface area contributed by atoms with Gasteiger partial charge in [-0.05, 0) is 39.5 Å². The summed E-state index contributed by atoms with van der Waals surface area (Å²) in [5.41, 5.74) is 1.18. The van der Waals surface area contributed by atoms with E-state index in [-0.39, 0.29) is 0 Å². The van der Waals surface area contributed by atoms with E-state index in [9.17, 15) is 0 Å². The summed E-state index contributed by atoms with van der Waals surface area (Å²) < 4.78 is 0. The summed E-state index contributed by atoms with van der Waals surface area (Å²) in [6, 6.07) is 0.649. The molecular weight excluding hydrogens is 236 g/mol. The molecule has 1 fully saturated rings. The van der Waals surface area contributed by atoms with E-state index in [4.69, 9.17) is 4.98 Å². The molecule has 0 aromatic carbocycles. The summed E-state index contributed by atoms with van der Waals surface area (Å²) >= 11 is 0. The summed E-state index contributed by atoms with van der Waals surface area (Å²) in [7, 11) is 1.93. The molecule has 0 bridgehead atoms. The highest BCUT2D eigenvalue weighted by Crippen LogP contribution is 2.30. The predicted octanol–water partition coefficient (Wildman–Crippen LogP) is 3.29. The molecule has 0 amide bonds. The number of aromatic nitrogens is 2. The highest BCUT2D eigenvalue weighted by molar-refractivity contribution is 5.59. The van der Waals surface area contributed by atoms with Crippen molar-refractivity contribution in [3.05, 3.63) is 11.4 Å². The fourth-order valence-corrected chi connectivity index (χ4v) is 3.05. The van der Waals surface area contributed by atoms with Crippen molar-refractivity contribution in [1.82, 2.24) is 9.97 Å². The third-order valence-electron chi connectivity index (χ3n) is 3.99. The van der Waals surface area contributed by atoms with Crippen LogP contribution in [-0.2, 0) is 0 Å². The lowest BCUT2D eigenvalue weighted by molar-refractivity contribution is 0.431. The standard InChI is InChI=1S/C15H26N4/c1-5-8-13-9-6-7-10-19(13)15-11(2)14(16-4)17-12(3)18-15/h13H,5-10H2,1-4H3,(H,16,17,18). The van der Waals surface area contributed by atoms with Crippen molar-refractivity contribution in [2.75, 3.05) is 23.8 Å². The van der Waals surface area contributed by atoms with Gasteiger partial charge >= 0.3 is 0 Å². The van der Waals surface area contributed by atoms with Crippen LogP contribution in [0.5, 0.6) is 0 Å². The number of piperidine rings is 1. The van der Waals surface area contributed by atoms with Crippen LogP contribution in [0.3, 0.4) is 0 Å². The highest BCUT2D eigenvalue weighted by Gasteiger charge is 2.25. The highest BCUT2D eigenvalue weighted by atomic mass is 15.2. The average molecular weight is 262 g/mol. The molecule has 0 saturated carbocycles. The normalized spacial score (nSPS) is 19.6. The molecule has 1 unspecified atom stereocenters. The van der Waals surface area contributed by atoms with Gasteiger partial charge in [0.2, 0.25) is 0 Å². The summed E-state index contributed by atoms with van der Waals surface area (Å²) in [6.07, 6.45) is 6.42. The van der Waals surface area contributed by atoms with Crippen molar-refractivity contribution in [1.29, 1.82) is 0 Å². The molecule has 0 radical (unpaired) electrons. The Balaban J connectivity index is 2.35. The number of hydrogen-bond donors (Lipinski definition) is 1. The van der Waals surface area contributed by atoms with Crippen molar-refractivity contribution >= 4 is 11.6 Å². The van der Waals surface area contributed by atoms with Crippen LogP contribution in [0.15, 0.2) is 0 Å². The van der Waals surface area contributed by atoms with E-state index in [1.165, 1.54) is 37.7 Å². The smallest absolute Gasteiger partial charge is 0.137 e. The largest absolute Gasteiger partial charge is 0.373 e. The van der Waals surface area contributed by atoms with Gasteiger partial charge in [0, 0.05) is 25.2 Å². The Labute approximate surface area is 116 Å². The van der Waals surface area contributed by atoms with Gasteiger partial charge in [0.1, 0.15) is 17.5 Å². The maximum atomic E-state index is 4.71. The van der Waals surface area contributed by atoms with Gasteiger partial charge < -0.3 is 10.2 Å². The number of rotatable bonds is 4. The Morgan fingerprint density at radius 3 is 2.74 bits per heavy atom. The number of hydrogen-bond acceptors (Lipinski definition) is 4. The molecule has 1 aromatic heterocycles. The van der Waals surface area contributed by atoms with Crippen LogP contribution in [0.4, 0.5) is 11.6 Å². The molecule has 19 heavy (non-hydrogen) atoms. The van der Waals surface area contributed by atoms with Gasteiger partial charge in [0.15, 0.2) is 0 Å². The van der Waals surface area contributed by atoms with E-state index in [1.807, 2.05) is 14.0 Å². The van der Waals surface area contributed by atoms with Crippen LogP contribution >= 0.6 is 0 Å². The van der Waals surface area contributed by atoms with Gasteiger partial charge in [-0.1, -0.05) is 13.3 Å². The topological polar surface area (TPSA) is 41.1 Å². The fraction of sp³-hybridized carbons (Fsp3) is 0.733. The van der Waals surface area contributed by atoms with Crippen molar-refractivity contribution in [2.45, 2.75) is 58.9 Å². The molecule has 0 aliphatic carbocycles. The first-order chi connectivity index (χ1) is 9.17. The number of nitrogens with zero attached hydrogens (tertiary/aromatic N) is 3. The molecule has 1 saturated heterocycles. The minimum Gasteiger partial charge on any atom is -0.373 e. The lowest BCUT2D eigenvalue weighted by atomic mass is 9.98. The van der Waals surface area contributed by atoms with Crippen LogP contribution in [0.25, 0.3) is 0 Å². The Kier molecular flexibility index (Phi) is 4.61. The Bertz CT molecular complexity index is 428. The summed E-state index contributed by atoms with van der Waals surface area (Å²) in [5.74, 6) is 2.95. The monoisotopic (exact) mass is 262 g/mol. The zero-order chi connectivity index (χ0) is 13.8. The lowest BCUT2D eigenvalue weighted by Gasteiger charge is -2.37. The molecule has 0 spiro atoms. The van der Waals surface area contributed by atoms with Crippen molar-refractivity contribution < 1.29 is 0 Å². The van der Waals surface area contributed by atoms with Crippen molar-refractivity contribution in [2.24, 2.45) is 0 Å². The van der Waals surface area contributed by atoms with Gasteiger partial charge in [0.05, 0.1) is 0 Å². The maximum absolute atomic E-state index is 4.71. The SMILES string of the molecule is CCCC1CCCCN1c1nc(C)nc(NC)c1C.